The van der Waals surface area contributed by atoms with Crippen molar-refractivity contribution in [2.45, 2.75) is 25.8 Å². The number of hydrogen-bond acceptors (Lipinski definition) is 3. The van der Waals surface area contributed by atoms with E-state index in [1.807, 2.05) is 44.3 Å². The molecule has 6 nitrogen and oxygen atoms in total. The number of fused-ring (bicyclic) bond motifs is 1. The van der Waals surface area contributed by atoms with Gasteiger partial charge < -0.3 is 20.0 Å². The lowest BCUT2D eigenvalue weighted by Crippen LogP contribution is -2.50. The van der Waals surface area contributed by atoms with Crippen LogP contribution in [0.3, 0.4) is 0 Å². The average Bonchev–Trinajstić information content (AvgIpc) is 3.49. The predicted molar refractivity (Wildman–Crippen MR) is 127 cm³/mol. The highest BCUT2D eigenvalue weighted by atomic mass is 35.5. The molecule has 0 spiro atoms. The van der Waals surface area contributed by atoms with E-state index in [0.29, 0.717) is 5.02 Å². The minimum Gasteiger partial charge on any atom is -0.459 e. The highest BCUT2D eigenvalue weighted by Crippen LogP contribution is 2.33. The molecule has 0 aliphatic carbocycles. The molecule has 2 heterocycles. The molecule has 0 aliphatic heterocycles. The first kappa shape index (κ1) is 22.5. The first-order valence-electron chi connectivity index (χ1n) is 10.7. The van der Waals surface area contributed by atoms with Crippen molar-refractivity contribution < 1.29 is 14.0 Å². The first-order valence-corrected chi connectivity index (χ1v) is 11.1. The van der Waals surface area contributed by atoms with Crippen LogP contribution in [0.15, 0.2) is 65.4 Å². The van der Waals surface area contributed by atoms with Crippen molar-refractivity contribution in [1.29, 1.82) is 0 Å². The van der Waals surface area contributed by atoms with Gasteiger partial charge in [-0.1, -0.05) is 55.8 Å². The van der Waals surface area contributed by atoms with E-state index in [-0.39, 0.29) is 30.0 Å². The summed E-state index contributed by atoms with van der Waals surface area (Å²) >= 11 is 6.50. The highest BCUT2D eigenvalue weighted by Gasteiger charge is 2.27. The van der Waals surface area contributed by atoms with Gasteiger partial charge in [0.1, 0.15) is 6.04 Å². The van der Waals surface area contributed by atoms with Crippen LogP contribution < -0.4 is 10.6 Å². The van der Waals surface area contributed by atoms with Crippen LogP contribution >= 0.6 is 11.6 Å². The van der Waals surface area contributed by atoms with Gasteiger partial charge in [0, 0.05) is 35.6 Å². The summed E-state index contributed by atoms with van der Waals surface area (Å²) in [6.07, 6.45) is 3.36. The number of nitrogens with one attached hydrogen (secondary N) is 3. The number of amides is 2. The number of aromatic amines is 1. The monoisotopic (exact) mass is 461 g/mol. The molecule has 33 heavy (non-hydrogen) atoms. The summed E-state index contributed by atoms with van der Waals surface area (Å²) in [7, 11) is 0. The maximum Gasteiger partial charge on any atom is 0.287 e. The van der Waals surface area contributed by atoms with Crippen LogP contribution in [0.2, 0.25) is 5.02 Å². The second-order valence-electron chi connectivity index (χ2n) is 8.14. The molecule has 4 aromatic rings. The number of hydrogen-bond donors (Lipinski definition) is 3. The number of H-pyrrole nitrogens is 1. The number of halogens is 1. The Bertz CT molecular complexity index is 1250. The third-order valence-corrected chi connectivity index (χ3v) is 5.95. The zero-order valence-corrected chi connectivity index (χ0v) is 19.1. The number of rotatable bonds is 8. The highest BCUT2D eigenvalue weighted by molar-refractivity contribution is 6.31. The molecule has 0 saturated heterocycles. The minimum atomic E-state index is -0.725. The smallest absolute Gasteiger partial charge is 0.287 e. The largest absolute Gasteiger partial charge is 0.459 e. The number of furan rings is 1. The van der Waals surface area contributed by atoms with Crippen LogP contribution in [0.5, 0.6) is 0 Å². The van der Waals surface area contributed by atoms with Gasteiger partial charge in [-0.15, -0.1) is 0 Å². The van der Waals surface area contributed by atoms with Crippen LogP contribution in [-0.2, 0) is 4.79 Å². The Morgan fingerprint density at radius 2 is 1.88 bits per heavy atom. The van der Waals surface area contributed by atoms with Crippen molar-refractivity contribution in [2.24, 2.45) is 5.92 Å². The predicted octanol–water partition coefficient (Wildman–Crippen LogP) is 4.72. The van der Waals surface area contributed by atoms with Gasteiger partial charge in [-0.25, -0.2) is 0 Å². The van der Waals surface area contributed by atoms with Crippen LogP contribution in [0, 0.1) is 18.1 Å². The van der Waals surface area contributed by atoms with E-state index in [9.17, 15) is 9.59 Å². The van der Waals surface area contributed by atoms with E-state index in [1.54, 1.807) is 24.3 Å². The van der Waals surface area contributed by atoms with Crippen molar-refractivity contribution in [3.05, 3.63) is 95.0 Å². The summed E-state index contributed by atoms with van der Waals surface area (Å²) in [5, 5.41) is 7.38. The van der Waals surface area contributed by atoms with Crippen molar-refractivity contribution in [3.8, 4) is 0 Å². The molecule has 168 valence electrons. The third kappa shape index (κ3) is 4.89. The lowest BCUT2D eigenvalue weighted by Gasteiger charge is -2.24. The Labute approximate surface area is 197 Å². The molecule has 0 bridgehead atoms. The maximum absolute atomic E-state index is 13.1. The fourth-order valence-corrected chi connectivity index (χ4v) is 4.12. The van der Waals surface area contributed by atoms with Gasteiger partial charge in [-0.3, -0.25) is 9.59 Å². The molecule has 0 fully saturated rings. The van der Waals surface area contributed by atoms with Crippen molar-refractivity contribution >= 4 is 34.3 Å². The zero-order chi connectivity index (χ0) is 23.4. The van der Waals surface area contributed by atoms with Crippen LogP contribution in [0.4, 0.5) is 0 Å². The van der Waals surface area contributed by atoms with E-state index in [4.69, 9.17) is 16.0 Å². The normalized spacial score (nSPS) is 12.8. The van der Waals surface area contributed by atoms with Crippen molar-refractivity contribution in [3.63, 3.8) is 0 Å². The van der Waals surface area contributed by atoms with Crippen LogP contribution in [0.1, 0.15) is 41.4 Å². The molecular weight excluding hydrogens is 438 g/mol. The standard InChI is InChI=1S/C26H24ClN3O3/c1-16(2)24(30-25(31)23-12-7-13-33-23)26(32)29-15-19(17-8-3-5-10-21(17)27)20-14-28-22-11-6-4-9-18(20)22/h4,6-14,16,19,24,28H,15H2,1-2H3,(H,29,32)(H,30,31). The molecule has 7 heteroatoms. The van der Waals surface area contributed by atoms with Crippen LogP contribution in [-0.4, -0.2) is 29.4 Å². The van der Waals surface area contributed by atoms with E-state index in [0.717, 1.165) is 22.0 Å². The van der Waals surface area contributed by atoms with Gasteiger partial charge in [0.05, 0.1) is 11.3 Å². The maximum atomic E-state index is 13.1. The van der Waals surface area contributed by atoms with Gasteiger partial charge >= 0.3 is 0 Å². The Morgan fingerprint density at radius 1 is 1.09 bits per heavy atom. The zero-order valence-electron chi connectivity index (χ0n) is 18.3. The summed E-state index contributed by atoms with van der Waals surface area (Å²) in [6.45, 7) is 4.05. The summed E-state index contributed by atoms with van der Waals surface area (Å²) in [5.74, 6) is -0.903. The van der Waals surface area contributed by atoms with Crippen LogP contribution in [0.25, 0.3) is 10.9 Å². The Kier molecular flexibility index (Phi) is 6.71. The molecule has 2 aromatic carbocycles. The second kappa shape index (κ2) is 9.85. The molecule has 0 radical (unpaired) electrons. The van der Waals surface area contributed by atoms with E-state index >= 15 is 0 Å². The molecule has 2 atom stereocenters. The molecule has 3 N–H and O–H groups in total. The topological polar surface area (TPSA) is 87.1 Å². The molecule has 0 saturated carbocycles. The van der Waals surface area contributed by atoms with Gasteiger partial charge in [-0.2, -0.15) is 0 Å². The fraction of sp³-hybridized carbons (Fsp3) is 0.231. The Morgan fingerprint density at radius 3 is 2.61 bits per heavy atom. The molecule has 2 amide bonds. The van der Waals surface area contributed by atoms with Gasteiger partial charge in [0.15, 0.2) is 5.76 Å². The number of carbonyl (C=O) groups is 2. The quantitative estimate of drug-likeness (QED) is 0.355. The Hall–Kier alpha value is -3.69. The summed E-state index contributed by atoms with van der Waals surface area (Å²) < 4.78 is 5.15. The van der Waals surface area contributed by atoms with E-state index < -0.39 is 11.9 Å². The molecule has 2 unspecified atom stereocenters. The Balaban J connectivity index is 1.58. The second-order valence-corrected chi connectivity index (χ2v) is 8.55. The minimum absolute atomic E-state index is 0.126. The number of carbonyl (C=O) groups excluding carboxylic acids is 2. The molecule has 0 aliphatic rings. The summed E-state index contributed by atoms with van der Waals surface area (Å²) in [4.78, 5) is 28.9. The number of benzene rings is 1. The lowest BCUT2D eigenvalue weighted by molar-refractivity contribution is -0.123. The number of para-hydroxylation sites is 1. The first-order chi connectivity index (χ1) is 16.0. The van der Waals surface area contributed by atoms with Gasteiger partial charge in [0.2, 0.25) is 5.91 Å². The van der Waals surface area contributed by atoms with Gasteiger partial charge in [-0.05, 0) is 41.3 Å². The van der Waals surface area contributed by atoms with Crippen molar-refractivity contribution in [2.75, 3.05) is 6.54 Å². The fourth-order valence-electron chi connectivity index (χ4n) is 3.88. The van der Waals surface area contributed by atoms with Gasteiger partial charge in [0.25, 0.3) is 5.91 Å². The van der Waals surface area contributed by atoms with Crippen molar-refractivity contribution in [1.82, 2.24) is 15.6 Å². The summed E-state index contributed by atoms with van der Waals surface area (Å²) in [5.41, 5.74) is 2.84. The number of aromatic nitrogens is 1. The molecule has 4 rings (SSSR count). The van der Waals surface area contributed by atoms with E-state index in [1.165, 1.54) is 6.26 Å². The molecular formula is C26H24ClN3O3. The summed E-state index contributed by atoms with van der Waals surface area (Å²) in [6, 6.07) is 19.7. The SMILES string of the molecule is CC(C)C(NC(=O)c1ccco1)C(=O)NCC(c1cc#ccc1Cl)c1c[nH]c2ccccc12. The molecule has 2 aromatic heterocycles. The lowest BCUT2D eigenvalue weighted by atomic mass is 9.91. The third-order valence-electron chi connectivity index (χ3n) is 5.62. The van der Waals surface area contributed by atoms with E-state index in [2.05, 4.69) is 27.8 Å². The average molecular weight is 462 g/mol.